The molecule has 0 aromatic rings. The van der Waals surface area contributed by atoms with Crippen LogP contribution >= 0.6 is 11.8 Å². The summed E-state index contributed by atoms with van der Waals surface area (Å²) in [6.07, 6.45) is 5.48. The zero-order chi connectivity index (χ0) is 9.07. The molecule has 0 aliphatic carbocycles. The van der Waals surface area contributed by atoms with E-state index in [1.807, 2.05) is 0 Å². The Kier molecular flexibility index (Phi) is 11.6. The summed E-state index contributed by atoms with van der Waals surface area (Å²) in [6, 6.07) is 0. The van der Waals surface area contributed by atoms with Gasteiger partial charge in [-0.25, -0.2) is 0 Å². The highest BCUT2D eigenvalue weighted by molar-refractivity contribution is 7.99. The highest BCUT2D eigenvalue weighted by Gasteiger charge is 1.89. The van der Waals surface area contributed by atoms with E-state index in [2.05, 4.69) is 30.9 Å². The number of hydrogen-bond acceptors (Lipinski definition) is 2. The first-order valence-corrected chi connectivity index (χ1v) is 6.35. The van der Waals surface area contributed by atoms with E-state index in [1.54, 1.807) is 0 Å². The van der Waals surface area contributed by atoms with E-state index in [1.165, 1.54) is 43.7 Å². The molecule has 0 atom stereocenters. The first kappa shape index (κ1) is 12.3. The number of unbranched alkanes of at least 4 members (excludes halogenated alkanes) is 2. The second-order valence-corrected chi connectivity index (χ2v) is 4.25. The molecule has 0 amide bonds. The van der Waals surface area contributed by atoms with E-state index in [9.17, 15) is 0 Å². The van der Waals surface area contributed by atoms with Gasteiger partial charge in [-0.1, -0.05) is 26.7 Å². The summed E-state index contributed by atoms with van der Waals surface area (Å²) in [5, 5.41) is 3.34. The third-order valence-corrected chi connectivity index (χ3v) is 2.94. The predicted molar refractivity (Wildman–Crippen MR) is 60.0 cm³/mol. The van der Waals surface area contributed by atoms with Gasteiger partial charge in [0.1, 0.15) is 0 Å². The summed E-state index contributed by atoms with van der Waals surface area (Å²) >= 11 is 2.10. The van der Waals surface area contributed by atoms with Crippen LogP contribution < -0.4 is 5.32 Å². The molecule has 0 saturated heterocycles. The molecule has 12 heavy (non-hydrogen) atoms. The highest BCUT2D eigenvalue weighted by atomic mass is 32.2. The summed E-state index contributed by atoms with van der Waals surface area (Å²) in [5.74, 6) is 2.69. The summed E-state index contributed by atoms with van der Waals surface area (Å²) in [4.78, 5) is 0. The molecule has 0 saturated carbocycles. The summed E-state index contributed by atoms with van der Waals surface area (Å²) < 4.78 is 0. The standard InChI is InChI=1S/C10H23NS/c1-3-5-6-9-12-10-7-8-11-4-2/h11H,3-10H2,1-2H3. The Bertz CT molecular complexity index is 66.2. The minimum absolute atomic E-state index is 1.11. The van der Waals surface area contributed by atoms with Crippen LogP contribution in [-0.2, 0) is 0 Å². The Hall–Kier alpha value is 0.310. The van der Waals surface area contributed by atoms with Crippen LogP contribution in [0.4, 0.5) is 0 Å². The highest BCUT2D eigenvalue weighted by Crippen LogP contribution is 2.06. The largest absolute Gasteiger partial charge is 0.317 e. The number of rotatable bonds is 9. The quantitative estimate of drug-likeness (QED) is 0.560. The first-order chi connectivity index (χ1) is 5.91. The van der Waals surface area contributed by atoms with Gasteiger partial charge in [0, 0.05) is 0 Å². The molecule has 0 aliphatic rings. The fourth-order valence-corrected chi connectivity index (χ4v) is 1.99. The molecular weight excluding hydrogens is 166 g/mol. The third kappa shape index (κ3) is 10.3. The number of hydrogen-bond donors (Lipinski definition) is 1. The van der Waals surface area contributed by atoms with E-state index in [0.29, 0.717) is 0 Å². The van der Waals surface area contributed by atoms with Crippen molar-refractivity contribution in [2.45, 2.75) is 39.5 Å². The zero-order valence-corrected chi connectivity index (χ0v) is 9.38. The second-order valence-electron chi connectivity index (χ2n) is 3.03. The van der Waals surface area contributed by atoms with Crippen LogP contribution in [0.1, 0.15) is 39.5 Å². The van der Waals surface area contributed by atoms with Crippen molar-refractivity contribution in [3.05, 3.63) is 0 Å². The molecular formula is C10H23NS. The van der Waals surface area contributed by atoms with E-state index < -0.39 is 0 Å². The lowest BCUT2D eigenvalue weighted by molar-refractivity contribution is 0.706. The smallest absolute Gasteiger partial charge is 0.00412 e. The summed E-state index contributed by atoms with van der Waals surface area (Å²) in [6.45, 7) is 6.72. The predicted octanol–water partition coefficient (Wildman–Crippen LogP) is 2.91. The van der Waals surface area contributed by atoms with Crippen LogP contribution in [-0.4, -0.2) is 24.6 Å². The maximum atomic E-state index is 3.34. The lowest BCUT2D eigenvalue weighted by Gasteiger charge is -2.01. The maximum absolute atomic E-state index is 3.34. The average molecular weight is 189 g/mol. The van der Waals surface area contributed by atoms with Crippen molar-refractivity contribution in [1.29, 1.82) is 0 Å². The zero-order valence-electron chi connectivity index (χ0n) is 8.57. The van der Waals surface area contributed by atoms with Crippen LogP contribution in [0.25, 0.3) is 0 Å². The topological polar surface area (TPSA) is 12.0 Å². The summed E-state index contributed by atoms with van der Waals surface area (Å²) in [5.41, 5.74) is 0. The van der Waals surface area contributed by atoms with E-state index in [0.717, 1.165) is 6.54 Å². The van der Waals surface area contributed by atoms with Crippen molar-refractivity contribution in [2.75, 3.05) is 24.6 Å². The van der Waals surface area contributed by atoms with Crippen LogP contribution in [0, 0.1) is 0 Å². The van der Waals surface area contributed by atoms with Crippen molar-refractivity contribution in [2.24, 2.45) is 0 Å². The molecule has 0 radical (unpaired) electrons. The molecule has 2 heteroatoms. The normalized spacial score (nSPS) is 10.5. The second kappa shape index (κ2) is 11.3. The molecule has 0 aromatic carbocycles. The Labute approximate surface area is 81.7 Å². The monoisotopic (exact) mass is 189 g/mol. The minimum atomic E-state index is 1.11. The van der Waals surface area contributed by atoms with Crippen LogP contribution in [0.5, 0.6) is 0 Å². The van der Waals surface area contributed by atoms with Gasteiger partial charge in [0.15, 0.2) is 0 Å². The molecule has 74 valence electrons. The Morgan fingerprint density at radius 1 is 1.00 bits per heavy atom. The molecule has 0 aliphatic heterocycles. The van der Waals surface area contributed by atoms with Gasteiger partial charge >= 0.3 is 0 Å². The van der Waals surface area contributed by atoms with E-state index in [4.69, 9.17) is 0 Å². The van der Waals surface area contributed by atoms with E-state index in [-0.39, 0.29) is 0 Å². The average Bonchev–Trinajstić information content (AvgIpc) is 2.10. The molecule has 0 fully saturated rings. The van der Waals surface area contributed by atoms with Crippen molar-refractivity contribution in [3.63, 3.8) is 0 Å². The van der Waals surface area contributed by atoms with Gasteiger partial charge in [-0.15, -0.1) is 0 Å². The fourth-order valence-electron chi connectivity index (χ4n) is 1.03. The lowest BCUT2D eigenvalue weighted by Crippen LogP contribution is -2.14. The Morgan fingerprint density at radius 2 is 1.75 bits per heavy atom. The van der Waals surface area contributed by atoms with Crippen molar-refractivity contribution in [1.82, 2.24) is 5.32 Å². The van der Waals surface area contributed by atoms with Crippen molar-refractivity contribution < 1.29 is 0 Å². The van der Waals surface area contributed by atoms with Gasteiger partial charge in [-0.2, -0.15) is 11.8 Å². The van der Waals surface area contributed by atoms with Gasteiger partial charge in [-0.3, -0.25) is 0 Å². The minimum Gasteiger partial charge on any atom is -0.317 e. The van der Waals surface area contributed by atoms with Gasteiger partial charge in [0.05, 0.1) is 0 Å². The molecule has 0 bridgehead atoms. The van der Waals surface area contributed by atoms with Gasteiger partial charge < -0.3 is 5.32 Å². The third-order valence-electron chi connectivity index (χ3n) is 1.78. The van der Waals surface area contributed by atoms with Crippen LogP contribution in [0.2, 0.25) is 0 Å². The van der Waals surface area contributed by atoms with Gasteiger partial charge in [0.2, 0.25) is 0 Å². The molecule has 0 spiro atoms. The molecule has 1 nitrogen and oxygen atoms in total. The van der Waals surface area contributed by atoms with Crippen molar-refractivity contribution >= 4 is 11.8 Å². The molecule has 0 rings (SSSR count). The van der Waals surface area contributed by atoms with Crippen LogP contribution in [0.3, 0.4) is 0 Å². The molecule has 1 N–H and O–H groups in total. The molecule has 0 heterocycles. The summed E-state index contributed by atoms with van der Waals surface area (Å²) in [7, 11) is 0. The lowest BCUT2D eigenvalue weighted by atomic mass is 10.3. The number of nitrogens with one attached hydrogen (secondary N) is 1. The molecule has 0 unspecified atom stereocenters. The van der Waals surface area contributed by atoms with Gasteiger partial charge in [-0.05, 0) is 37.4 Å². The van der Waals surface area contributed by atoms with Gasteiger partial charge in [0.25, 0.3) is 0 Å². The SMILES string of the molecule is CCCCCSCCCNCC. The Balaban J connectivity index is 2.73. The van der Waals surface area contributed by atoms with Crippen molar-refractivity contribution in [3.8, 4) is 0 Å². The Morgan fingerprint density at radius 3 is 2.42 bits per heavy atom. The molecule has 0 aromatic heterocycles. The first-order valence-electron chi connectivity index (χ1n) is 5.20. The number of thioether (sulfide) groups is 1. The van der Waals surface area contributed by atoms with E-state index >= 15 is 0 Å². The maximum Gasteiger partial charge on any atom is -0.00412 e. The van der Waals surface area contributed by atoms with Crippen LogP contribution in [0.15, 0.2) is 0 Å². The fraction of sp³-hybridized carbons (Fsp3) is 1.00.